The van der Waals surface area contributed by atoms with Gasteiger partial charge in [-0.05, 0) is 107 Å². The highest BCUT2D eigenvalue weighted by molar-refractivity contribution is 14.1. The van der Waals surface area contributed by atoms with Gasteiger partial charge in [-0.1, -0.05) is 23.5 Å². The number of carbonyl (C=O) groups excluding carboxylic acids is 1. The molecule has 188 valence electrons. The van der Waals surface area contributed by atoms with Crippen molar-refractivity contribution < 1.29 is 19.0 Å². The number of carbonyl (C=O) groups is 1. The molecular weight excluding hydrogens is 706 g/mol. The molecule has 2 aromatic carbocycles. The minimum absolute atomic E-state index is 0.215. The number of nitrogens with zero attached hydrogens (tertiary/aromatic N) is 2. The molecule has 0 amide bonds. The minimum atomic E-state index is -0.658. The van der Waals surface area contributed by atoms with Gasteiger partial charge in [-0.25, -0.2) is 9.79 Å². The minimum Gasteiger partial charge on any atom is -0.495 e. The van der Waals surface area contributed by atoms with Crippen molar-refractivity contribution in [2.75, 3.05) is 20.3 Å². The summed E-state index contributed by atoms with van der Waals surface area (Å²) in [6.07, 6.45) is 1.85. The summed E-state index contributed by atoms with van der Waals surface area (Å²) in [5, 5.41) is 0. The highest BCUT2D eigenvalue weighted by Crippen LogP contribution is 2.32. The largest absolute Gasteiger partial charge is 0.495 e. The van der Waals surface area contributed by atoms with E-state index in [0.717, 1.165) is 29.8 Å². The second kappa shape index (κ2) is 11.5. The van der Waals surface area contributed by atoms with E-state index in [9.17, 15) is 9.59 Å². The van der Waals surface area contributed by atoms with Crippen molar-refractivity contribution >= 4 is 68.6 Å². The molecule has 0 saturated carbocycles. The number of ether oxygens (including phenoxy) is 3. The van der Waals surface area contributed by atoms with Gasteiger partial charge in [0.2, 0.25) is 0 Å². The number of esters is 1. The first-order valence-corrected chi connectivity index (χ1v) is 14.2. The zero-order valence-corrected chi connectivity index (χ0v) is 25.3. The standard InChI is InChI=1S/C26H24I2N2O5S/c1-5-34-17-9-7-16(8-10-17)22-21(25(32)35-6-2)14(3)29-26-30(22)24(31)20(36-26)13-15-11-18(27)23(33-4)19(28)12-15/h7-13,22H,5-6H2,1-4H3/b20-13-/t22-/m1/s1. The Bertz CT molecular complexity index is 1500. The first kappa shape index (κ1) is 26.9. The van der Waals surface area contributed by atoms with Crippen molar-refractivity contribution in [3.05, 3.63) is 85.6 Å². The normalized spacial score (nSPS) is 15.4. The van der Waals surface area contributed by atoms with Crippen LogP contribution in [-0.4, -0.2) is 30.9 Å². The third kappa shape index (κ3) is 5.25. The van der Waals surface area contributed by atoms with Gasteiger partial charge < -0.3 is 14.2 Å². The Hall–Kier alpha value is -2.19. The van der Waals surface area contributed by atoms with E-state index in [1.54, 1.807) is 25.5 Å². The number of halogens is 2. The molecule has 3 aromatic rings. The predicted octanol–water partition coefficient (Wildman–Crippen LogP) is 4.41. The van der Waals surface area contributed by atoms with Gasteiger partial charge in [0, 0.05) is 0 Å². The first-order valence-electron chi connectivity index (χ1n) is 11.2. The molecule has 0 bridgehead atoms. The van der Waals surface area contributed by atoms with Crippen LogP contribution < -0.4 is 24.4 Å². The van der Waals surface area contributed by atoms with Gasteiger partial charge in [0.05, 0.1) is 49.3 Å². The van der Waals surface area contributed by atoms with Crippen molar-refractivity contribution in [1.29, 1.82) is 0 Å². The molecule has 0 fully saturated rings. The number of methoxy groups -OCH3 is 1. The Morgan fingerprint density at radius 2 is 1.81 bits per heavy atom. The molecule has 0 saturated heterocycles. The molecule has 0 aliphatic carbocycles. The summed E-state index contributed by atoms with van der Waals surface area (Å²) in [6, 6.07) is 10.7. The van der Waals surface area contributed by atoms with Crippen molar-refractivity contribution in [2.24, 2.45) is 4.99 Å². The van der Waals surface area contributed by atoms with Crippen molar-refractivity contribution in [3.63, 3.8) is 0 Å². The van der Waals surface area contributed by atoms with Gasteiger partial charge in [-0.15, -0.1) is 0 Å². The lowest BCUT2D eigenvalue weighted by molar-refractivity contribution is -0.139. The van der Waals surface area contributed by atoms with Crippen LogP contribution in [0.3, 0.4) is 0 Å². The molecule has 1 aliphatic rings. The van der Waals surface area contributed by atoms with Crippen LogP contribution in [0.5, 0.6) is 11.5 Å². The van der Waals surface area contributed by atoms with E-state index < -0.39 is 12.0 Å². The molecule has 0 radical (unpaired) electrons. The van der Waals surface area contributed by atoms with E-state index in [2.05, 4.69) is 50.2 Å². The molecule has 1 aliphatic heterocycles. The number of benzene rings is 2. The fourth-order valence-electron chi connectivity index (χ4n) is 4.03. The highest BCUT2D eigenvalue weighted by Gasteiger charge is 2.33. The second-order valence-electron chi connectivity index (χ2n) is 7.82. The fraction of sp³-hybridized carbons (Fsp3) is 0.269. The van der Waals surface area contributed by atoms with Gasteiger partial charge in [-0.2, -0.15) is 0 Å². The van der Waals surface area contributed by atoms with Crippen LogP contribution in [0.15, 0.2) is 57.5 Å². The Morgan fingerprint density at radius 3 is 2.39 bits per heavy atom. The summed E-state index contributed by atoms with van der Waals surface area (Å²) >= 11 is 5.75. The van der Waals surface area contributed by atoms with E-state index in [1.165, 1.54) is 11.3 Å². The SMILES string of the molecule is CCOC(=O)C1=C(C)N=c2s/c(=C\c3cc(I)c(OC)c(I)c3)c(=O)n2[C@@H]1c1ccc(OCC)cc1. The molecule has 1 aromatic heterocycles. The Kier molecular flexibility index (Phi) is 8.56. The second-order valence-corrected chi connectivity index (χ2v) is 11.2. The van der Waals surface area contributed by atoms with Gasteiger partial charge in [0.15, 0.2) is 4.80 Å². The molecule has 4 rings (SSSR count). The molecule has 1 atom stereocenters. The maximum atomic E-state index is 13.8. The lowest BCUT2D eigenvalue weighted by atomic mass is 9.96. The first-order chi connectivity index (χ1) is 17.3. The number of allylic oxidation sites excluding steroid dienone is 1. The maximum Gasteiger partial charge on any atom is 0.338 e. The fourth-order valence-corrected chi connectivity index (χ4v) is 7.33. The molecule has 7 nitrogen and oxygen atoms in total. The predicted molar refractivity (Wildman–Crippen MR) is 156 cm³/mol. The van der Waals surface area contributed by atoms with E-state index in [0.29, 0.717) is 27.2 Å². The monoisotopic (exact) mass is 730 g/mol. The number of fused-ring (bicyclic) bond motifs is 1. The van der Waals surface area contributed by atoms with Crippen LogP contribution in [0.4, 0.5) is 0 Å². The summed E-state index contributed by atoms with van der Waals surface area (Å²) < 4.78 is 20.4. The van der Waals surface area contributed by atoms with Gasteiger partial charge >= 0.3 is 5.97 Å². The van der Waals surface area contributed by atoms with Crippen LogP contribution in [0.25, 0.3) is 6.08 Å². The molecule has 0 unspecified atom stereocenters. The molecule has 36 heavy (non-hydrogen) atoms. The lowest BCUT2D eigenvalue weighted by Gasteiger charge is -2.24. The number of thiazole rings is 1. The molecule has 0 N–H and O–H groups in total. The lowest BCUT2D eigenvalue weighted by Crippen LogP contribution is -2.39. The zero-order chi connectivity index (χ0) is 26.0. The van der Waals surface area contributed by atoms with E-state index in [1.807, 2.05) is 49.4 Å². The quantitative estimate of drug-likeness (QED) is 0.266. The van der Waals surface area contributed by atoms with E-state index >= 15 is 0 Å². The molecular formula is C26H24I2N2O5S. The van der Waals surface area contributed by atoms with Gasteiger partial charge in [0.1, 0.15) is 11.5 Å². The third-order valence-corrected chi connectivity index (χ3v) is 8.13. The maximum absolute atomic E-state index is 13.8. The summed E-state index contributed by atoms with van der Waals surface area (Å²) in [5.41, 5.74) is 2.33. The average Bonchev–Trinajstić information content (AvgIpc) is 3.13. The van der Waals surface area contributed by atoms with Crippen LogP contribution in [-0.2, 0) is 9.53 Å². The summed E-state index contributed by atoms with van der Waals surface area (Å²) in [7, 11) is 1.64. The molecule has 0 spiro atoms. The van der Waals surface area contributed by atoms with Crippen LogP contribution in [0.1, 0.15) is 37.9 Å². The van der Waals surface area contributed by atoms with Crippen molar-refractivity contribution in [2.45, 2.75) is 26.8 Å². The number of rotatable bonds is 7. The van der Waals surface area contributed by atoms with Gasteiger partial charge in [0.25, 0.3) is 5.56 Å². The molecule has 10 heteroatoms. The molecule has 2 heterocycles. The van der Waals surface area contributed by atoms with Gasteiger partial charge in [-0.3, -0.25) is 9.36 Å². The van der Waals surface area contributed by atoms with Crippen LogP contribution >= 0.6 is 56.5 Å². The number of hydrogen-bond acceptors (Lipinski definition) is 7. The van der Waals surface area contributed by atoms with E-state index in [4.69, 9.17) is 14.2 Å². The van der Waals surface area contributed by atoms with Crippen molar-refractivity contribution in [3.8, 4) is 11.5 Å². The highest BCUT2D eigenvalue weighted by atomic mass is 127. The third-order valence-electron chi connectivity index (χ3n) is 5.55. The van der Waals surface area contributed by atoms with Crippen molar-refractivity contribution in [1.82, 2.24) is 4.57 Å². The zero-order valence-electron chi connectivity index (χ0n) is 20.1. The number of aromatic nitrogens is 1. The van der Waals surface area contributed by atoms with E-state index in [-0.39, 0.29) is 12.2 Å². The Labute approximate surface area is 239 Å². The number of hydrogen-bond donors (Lipinski definition) is 0. The summed E-state index contributed by atoms with van der Waals surface area (Å²) in [4.78, 5) is 31.9. The Balaban J connectivity index is 1.91. The van der Waals surface area contributed by atoms with Crippen LogP contribution in [0.2, 0.25) is 0 Å². The smallest absolute Gasteiger partial charge is 0.338 e. The topological polar surface area (TPSA) is 79.1 Å². The summed E-state index contributed by atoms with van der Waals surface area (Å²) in [5.74, 6) is 1.04. The summed E-state index contributed by atoms with van der Waals surface area (Å²) in [6.45, 7) is 6.23. The average molecular weight is 730 g/mol. The van der Waals surface area contributed by atoms with Crippen LogP contribution in [0, 0.1) is 7.14 Å². The Morgan fingerprint density at radius 1 is 1.14 bits per heavy atom.